The van der Waals surface area contributed by atoms with Crippen LogP contribution in [0.25, 0.3) is 0 Å². The second kappa shape index (κ2) is 7.29. The van der Waals surface area contributed by atoms with Crippen LogP contribution in [0.2, 0.25) is 0 Å². The predicted molar refractivity (Wildman–Crippen MR) is 81.8 cm³/mol. The fourth-order valence-corrected chi connectivity index (χ4v) is 3.05. The molecule has 0 heterocycles. The van der Waals surface area contributed by atoms with Crippen LogP contribution in [0.5, 0.6) is 0 Å². The van der Waals surface area contributed by atoms with Crippen LogP contribution in [0.1, 0.15) is 50.2 Å². The highest BCUT2D eigenvalue weighted by molar-refractivity contribution is 5.98. The van der Waals surface area contributed by atoms with Gasteiger partial charge in [0.15, 0.2) is 5.84 Å². The lowest BCUT2D eigenvalue weighted by atomic mass is 9.84. The van der Waals surface area contributed by atoms with Crippen molar-refractivity contribution >= 4 is 5.84 Å². The molecule has 4 heteroatoms. The van der Waals surface area contributed by atoms with Gasteiger partial charge in [0.1, 0.15) is 0 Å². The molecule has 0 spiro atoms. The zero-order valence-corrected chi connectivity index (χ0v) is 12.2. The van der Waals surface area contributed by atoms with E-state index < -0.39 is 0 Å². The zero-order chi connectivity index (χ0) is 14.4. The van der Waals surface area contributed by atoms with Crippen LogP contribution in [-0.2, 0) is 6.54 Å². The van der Waals surface area contributed by atoms with Crippen LogP contribution in [0.15, 0.2) is 29.4 Å². The summed E-state index contributed by atoms with van der Waals surface area (Å²) >= 11 is 0. The van der Waals surface area contributed by atoms with Gasteiger partial charge in [0, 0.05) is 18.2 Å². The smallest absolute Gasteiger partial charge is 0.170 e. The van der Waals surface area contributed by atoms with Crippen molar-refractivity contribution < 1.29 is 5.21 Å². The highest BCUT2D eigenvalue weighted by Gasteiger charge is 2.19. The Labute approximate surface area is 121 Å². The van der Waals surface area contributed by atoms with Crippen molar-refractivity contribution in [2.75, 3.05) is 0 Å². The Kier molecular flexibility index (Phi) is 5.41. The quantitative estimate of drug-likeness (QED) is 0.335. The van der Waals surface area contributed by atoms with Crippen LogP contribution in [0.4, 0.5) is 0 Å². The third-order valence-electron chi connectivity index (χ3n) is 4.37. The number of nitrogens with one attached hydrogen (secondary N) is 1. The second-order valence-corrected chi connectivity index (χ2v) is 5.71. The summed E-state index contributed by atoms with van der Waals surface area (Å²) < 4.78 is 0. The molecule has 1 aliphatic rings. The predicted octanol–water partition coefficient (Wildman–Crippen LogP) is 2.84. The average molecular weight is 275 g/mol. The summed E-state index contributed by atoms with van der Waals surface area (Å²) in [4.78, 5) is 0. The monoisotopic (exact) mass is 275 g/mol. The first-order valence-electron chi connectivity index (χ1n) is 7.51. The molecule has 0 saturated heterocycles. The Hall–Kier alpha value is -1.55. The van der Waals surface area contributed by atoms with Crippen LogP contribution < -0.4 is 11.1 Å². The first-order valence-corrected chi connectivity index (χ1v) is 7.51. The number of rotatable bonds is 5. The zero-order valence-electron chi connectivity index (χ0n) is 12.2. The van der Waals surface area contributed by atoms with Gasteiger partial charge in [-0.15, -0.1) is 0 Å². The van der Waals surface area contributed by atoms with E-state index in [1.807, 2.05) is 24.3 Å². The van der Waals surface area contributed by atoms with Crippen molar-refractivity contribution in [1.82, 2.24) is 5.32 Å². The molecule has 1 aromatic carbocycles. The maximum atomic E-state index is 8.84. The summed E-state index contributed by atoms with van der Waals surface area (Å²) in [5.41, 5.74) is 7.60. The molecule has 0 unspecified atom stereocenters. The molecule has 1 aliphatic carbocycles. The van der Waals surface area contributed by atoms with E-state index in [1.54, 1.807) is 0 Å². The van der Waals surface area contributed by atoms with Crippen molar-refractivity contribution in [2.24, 2.45) is 16.8 Å². The fourth-order valence-electron chi connectivity index (χ4n) is 3.05. The molecule has 1 saturated carbocycles. The summed E-state index contributed by atoms with van der Waals surface area (Å²) in [6.07, 6.45) is 6.76. The highest BCUT2D eigenvalue weighted by Crippen LogP contribution is 2.26. The van der Waals surface area contributed by atoms with Gasteiger partial charge in [-0.3, -0.25) is 0 Å². The van der Waals surface area contributed by atoms with Gasteiger partial charge in [0.25, 0.3) is 0 Å². The molecule has 0 aliphatic heterocycles. The maximum Gasteiger partial charge on any atom is 0.170 e. The van der Waals surface area contributed by atoms with Crippen molar-refractivity contribution in [1.29, 1.82) is 0 Å². The minimum Gasteiger partial charge on any atom is -0.409 e. The van der Waals surface area contributed by atoms with Gasteiger partial charge in [-0.05, 0) is 31.2 Å². The molecule has 20 heavy (non-hydrogen) atoms. The maximum absolute atomic E-state index is 8.84. The minimum absolute atomic E-state index is 0.174. The number of nitrogens with zero attached hydrogens (tertiary/aromatic N) is 1. The average Bonchev–Trinajstić information content (AvgIpc) is 2.53. The highest BCUT2D eigenvalue weighted by atomic mass is 16.4. The largest absolute Gasteiger partial charge is 0.409 e. The summed E-state index contributed by atoms with van der Waals surface area (Å²) in [5, 5.41) is 15.5. The van der Waals surface area contributed by atoms with E-state index in [0.29, 0.717) is 6.04 Å². The van der Waals surface area contributed by atoms with E-state index in [2.05, 4.69) is 17.4 Å². The van der Waals surface area contributed by atoms with Crippen molar-refractivity contribution in [3.8, 4) is 0 Å². The Bertz CT molecular complexity index is 453. The first-order chi connectivity index (χ1) is 9.72. The SMILES string of the molecule is C[C@@H](NCc1ccccc1/C(N)=N/O)C1CCCCC1. The van der Waals surface area contributed by atoms with Crippen molar-refractivity contribution in [3.05, 3.63) is 35.4 Å². The van der Waals surface area contributed by atoms with Gasteiger partial charge in [-0.25, -0.2) is 0 Å². The van der Waals surface area contributed by atoms with Gasteiger partial charge in [-0.2, -0.15) is 0 Å². The van der Waals surface area contributed by atoms with Gasteiger partial charge in [-0.1, -0.05) is 48.7 Å². The van der Waals surface area contributed by atoms with E-state index >= 15 is 0 Å². The van der Waals surface area contributed by atoms with E-state index in [4.69, 9.17) is 10.9 Å². The lowest BCUT2D eigenvalue weighted by Crippen LogP contribution is -2.34. The molecule has 1 atom stereocenters. The number of hydrogen-bond donors (Lipinski definition) is 3. The lowest BCUT2D eigenvalue weighted by molar-refractivity contribution is 0.280. The van der Waals surface area contributed by atoms with Crippen molar-refractivity contribution in [2.45, 2.75) is 51.6 Å². The summed E-state index contributed by atoms with van der Waals surface area (Å²) in [5.74, 6) is 0.951. The number of hydrogen-bond acceptors (Lipinski definition) is 3. The lowest BCUT2D eigenvalue weighted by Gasteiger charge is -2.28. The molecular weight excluding hydrogens is 250 g/mol. The van der Waals surface area contributed by atoms with E-state index in [-0.39, 0.29) is 5.84 Å². The number of amidine groups is 1. The standard InChI is InChI=1S/C16H25N3O/c1-12(13-7-3-2-4-8-13)18-11-14-9-5-6-10-15(14)16(17)19-20/h5-6,9-10,12-13,18,20H,2-4,7-8,11H2,1H3,(H2,17,19)/t12-/m1/s1. The molecular formula is C16H25N3O. The molecule has 0 radical (unpaired) electrons. The summed E-state index contributed by atoms with van der Waals surface area (Å²) in [7, 11) is 0. The second-order valence-electron chi connectivity index (χ2n) is 5.71. The number of oxime groups is 1. The van der Waals surface area contributed by atoms with E-state index in [9.17, 15) is 0 Å². The van der Waals surface area contributed by atoms with E-state index in [0.717, 1.165) is 23.6 Å². The molecule has 0 bridgehead atoms. The number of benzene rings is 1. The molecule has 2 rings (SSSR count). The van der Waals surface area contributed by atoms with Gasteiger partial charge < -0.3 is 16.3 Å². The Morgan fingerprint density at radius 3 is 2.75 bits per heavy atom. The fraction of sp³-hybridized carbons (Fsp3) is 0.562. The van der Waals surface area contributed by atoms with Gasteiger partial charge >= 0.3 is 0 Å². The third kappa shape index (κ3) is 3.73. The number of nitrogens with two attached hydrogens (primary N) is 1. The van der Waals surface area contributed by atoms with Gasteiger partial charge in [0.05, 0.1) is 0 Å². The van der Waals surface area contributed by atoms with Crippen LogP contribution in [-0.4, -0.2) is 17.1 Å². The van der Waals surface area contributed by atoms with Crippen LogP contribution in [0.3, 0.4) is 0 Å². The minimum atomic E-state index is 0.174. The Morgan fingerprint density at radius 1 is 1.35 bits per heavy atom. The van der Waals surface area contributed by atoms with Gasteiger partial charge in [0.2, 0.25) is 0 Å². The van der Waals surface area contributed by atoms with Crippen LogP contribution >= 0.6 is 0 Å². The normalized spacial score (nSPS) is 18.9. The molecule has 110 valence electrons. The third-order valence-corrected chi connectivity index (χ3v) is 4.37. The Balaban J connectivity index is 1.96. The molecule has 0 aromatic heterocycles. The summed E-state index contributed by atoms with van der Waals surface area (Å²) in [6, 6.07) is 8.30. The summed E-state index contributed by atoms with van der Waals surface area (Å²) in [6.45, 7) is 3.02. The Morgan fingerprint density at radius 2 is 2.05 bits per heavy atom. The van der Waals surface area contributed by atoms with Crippen LogP contribution in [0, 0.1) is 5.92 Å². The molecule has 1 aromatic rings. The first kappa shape index (κ1) is 14.9. The topological polar surface area (TPSA) is 70.6 Å². The molecule has 4 N–H and O–H groups in total. The van der Waals surface area contributed by atoms with E-state index in [1.165, 1.54) is 32.1 Å². The molecule has 0 amide bonds. The molecule has 1 fully saturated rings. The van der Waals surface area contributed by atoms with Crippen molar-refractivity contribution in [3.63, 3.8) is 0 Å². The molecule has 4 nitrogen and oxygen atoms in total.